The number of benzene rings is 2. The number of nitrogens with two attached hydrogens (primary N) is 1. The number of ether oxygens (including phenoxy) is 3. The Morgan fingerprint density at radius 3 is 2.54 bits per heavy atom. The van der Waals surface area contributed by atoms with Gasteiger partial charge in [-0.2, -0.15) is 0 Å². The lowest BCUT2D eigenvalue weighted by Crippen LogP contribution is -2.41. The highest BCUT2D eigenvalue weighted by molar-refractivity contribution is 7.92. The number of carbonyl (C=O) groups excluding carboxylic acids is 1. The Balaban J connectivity index is 1.77. The second kappa shape index (κ2) is 6.49. The lowest BCUT2D eigenvalue weighted by Gasteiger charge is -2.11. The van der Waals surface area contributed by atoms with Crippen LogP contribution in [0.15, 0.2) is 47.4 Å². The molecule has 2 aromatic carbocycles. The molecule has 0 bridgehead atoms. The zero-order chi connectivity index (χ0) is 20.1. The third-order valence-corrected chi connectivity index (χ3v) is 7.51. The molecule has 0 spiro atoms. The van der Waals surface area contributed by atoms with Crippen LogP contribution in [-0.4, -0.2) is 38.6 Å². The molecule has 1 saturated carbocycles. The molecule has 1 fully saturated rings. The van der Waals surface area contributed by atoms with Crippen LogP contribution in [0.5, 0.6) is 11.5 Å². The van der Waals surface area contributed by atoms with Crippen LogP contribution in [0.2, 0.25) is 0 Å². The van der Waals surface area contributed by atoms with E-state index in [4.69, 9.17) is 19.9 Å². The zero-order valence-corrected chi connectivity index (χ0v) is 16.4. The summed E-state index contributed by atoms with van der Waals surface area (Å²) in [6.07, 6.45) is 0. The third-order valence-electron chi connectivity index (χ3n) is 5.25. The number of hydrogen-bond acceptors (Lipinski definition) is 7. The van der Waals surface area contributed by atoms with Gasteiger partial charge in [0.05, 0.1) is 11.5 Å². The lowest BCUT2D eigenvalue weighted by atomic mass is 10.1. The number of carbonyl (C=O) groups is 1. The summed E-state index contributed by atoms with van der Waals surface area (Å²) in [4.78, 5) is 12.7. The minimum absolute atomic E-state index is 0.0974. The molecule has 0 aromatic heterocycles. The lowest BCUT2D eigenvalue weighted by molar-refractivity contribution is -0.145. The zero-order valence-electron chi connectivity index (χ0n) is 15.5. The van der Waals surface area contributed by atoms with E-state index < -0.39 is 32.5 Å². The van der Waals surface area contributed by atoms with Gasteiger partial charge < -0.3 is 19.9 Å². The van der Waals surface area contributed by atoms with Crippen LogP contribution in [0.1, 0.15) is 24.0 Å². The first-order valence-corrected chi connectivity index (χ1v) is 10.5. The highest BCUT2D eigenvalue weighted by atomic mass is 32.2. The topological polar surface area (TPSA) is 105 Å². The SMILES string of the molecule is CCOC(=O)[C@]1(N)[C@@H](c2ccc3c(c2)OCO3)[C@@H]1S(=O)(=O)c1ccc(C)cc1. The van der Waals surface area contributed by atoms with E-state index in [1.807, 2.05) is 6.92 Å². The number of hydrogen-bond donors (Lipinski definition) is 1. The van der Waals surface area contributed by atoms with E-state index in [-0.39, 0.29) is 18.3 Å². The van der Waals surface area contributed by atoms with Crippen LogP contribution in [-0.2, 0) is 19.4 Å². The minimum atomic E-state index is -3.86. The van der Waals surface area contributed by atoms with Gasteiger partial charge in [-0.25, -0.2) is 13.2 Å². The van der Waals surface area contributed by atoms with E-state index in [0.717, 1.165) is 5.56 Å². The molecule has 2 aromatic rings. The molecule has 1 heterocycles. The van der Waals surface area contributed by atoms with Crippen LogP contribution in [0.4, 0.5) is 0 Å². The second-order valence-corrected chi connectivity index (χ2v) is 9.09. The predicted octanol–water partition coefficient (Wildman–Crippen LogP) is 1.92. The number of aryl methyl sites for hydroxylation is 1. The number of esters is 1. The Bertz CT molecular complexity index is 1030. The molecule has 8 heteroatoms. The van der Waals surface area contributed by atoms with Crippen molar-refractivity contribution in [3.8, 4) is 11.5 Å². The van der Waals surface area contributed by atoms with Crippen molar-refractivity contribution in [3.63, 3.8) is 0 Å². The van der Waals surface area contributed by atoms with Crippen LogP contribution < -0.4 is 15.2 Å². The van der Waals surface area contributed by atoms with E-state index in [2.05, 4.69) is 0 Å². The van der Waals surface area contributed by atoms with Gasteiger partial charge in [0, 0.05) is 5.92 Å². The summed E-state index contributed by atoms with van der Waals surface area (Å²) < 4.78 is 42.4. The molecule has 3 atom stereocenters. The standard InChI is InChI=1S/C20H21NO6S/c1-3-25-19(22)20(21)17(13-6-9-15-16(10-13)27-11-26-15)18(20)28(23,24)14-7-4-12(2)5-8-14/h4-10,17-18H,3,11,21H2,1-2H3/t17-,18-,20-/m0/s1. The number of fused-ring (bicyclic) bond motifs is 1. The van der Waals surface area contributed by atoms with Gasteiger partial charge in [-0.15, -0.1) is 0 Å². The van der Waals surface area contributed by atoms with Crippen molar-refractivity contribution < 1.29 is 27.4 Å². The average Bonchev–Trinajstić information content (AvgIpc) is 3.07. The fraction of sp³-hybridized carbons (Fsp3) is 0.350. The van der Waals surface area contributed by atoms with Gasteiger partial charge in [-0.3, -0.25) is 0 Å². The van der Waals surface area contributed by atoms with E-state index in [0.29, 0.717) is 17.1 Å². The summed E-state index contributed by atoms with van der Waals surface area (Å²) in [5.74, 6) is -0.395. The van der Waals surface area contributed by atoms with Crippen molar-refractivity contribution >= 4 is 15.8 Å². The monoisotopic (exact) mass is 403 g/mol. The van der Waals surface area contributed by atoms with Gasteiger partial charge in [0.2, 0.25) is 6.79 Å². The van der Waals surface area contributed by atoms with Crippen molar-refractivity contribution in [2.45, 2.75) is 35.4 Å². The molecular formula is C20H21NO6S. The predicted molar refractivity (Wildman–Crippen MR) is 101 cm³/mol. The fourth-order valence-corrected chi connectivity index (χ4v) is 5.97. The van der Waals surface area contributed by atoms with Crippen LogP contribution in [0.25, 0.3) is 0 Å². The molecule has 0 unspecified atom stereocenters. The molecular weight excluding hydrogens is 382 g/mol. The Morgan fingerprint density at radius 1 is 1.18 bits per heavy atom. The van der Waals surface area contributed by atoms with Crippen molar-refractivity contribution in [2.75, 3.05) is 13.4 Å². The molecule has 2 aliphatic rings. The Morgan fingerprint density at radius 2 is 1.86 bits per heavy atom. The highest BCUT2D eigenvalue weighted by Gasteiger charge is 2.74. The van der Waals surface area contributed by atoms with Gasteiger partial charge in [0.1, 0.15) is 10.8 Å². The largest absolute Gasteiger partial charge is 0.465 e. The van der Waals surface area contributed by atoms with Crippen molar-refractivity contribution in [1.82, 2.24) is 0 Å². The first-order valence-electron chi connectivity index (χ1n) is 8.96. The summed E-state index contributed by atoms with van der Waals surface area (Å²) >= 11 is 0. The van der Waals surface area contributed by atoms with Crippen LogP contribution >= 0.6 is 0 Å². The maximum absolute atomic E-state index is 13.3. The summed E-state index contributed by atoms with van der Waals surface area (Å²) in [5.41, 5.74) is 6.24. The summed E-state index contributed by atoms with van der Waals surface area (Å²) in [5, 5.41) is -1.12. The van der Waals surface area contributed by atoms with Gasteiger partial charge in [-0.1, -0.05) is 23.8 Å². The van der Waals surface area contributed by atoms with Crippen LogP contribution in [0.3, 0.4) is 0 Å². The average molecular weight is 403 g/mol. The molecule has 0 saturated heterocycles. The smallest absolute Gasteiger partial charge is 0.328 e. The summed E-state index contributed by atoms with van der Waals surface area (Å²) in [6.45, 7) is 3.74. The van der Waals surface area contributed by atoms with E-state index >= 15 is 0 Å². The number of sulfone groups is 1. The molecule has 28 heavy (non-hydrogen) atoms. The maximum atomic E-state index is 13.3. The van der Waals surface area contributed by atoms with Gasteiger partial charge in [0.25, 0.3) is 0 Å². The quantitative estimate of drug-likeness (QED) is 0.761. The number of rotatable bonds is 5. The van der Waals surface area contributed by atoms with Gasteiger partial charge in [-0.05, 0) is 43.7 Å². The molecule has 0 radical (unpaired) electrons. The second-order valence-electron chi connectivity index (χ2n) is 7.02. The Labute approximate surface area is 163 Å². The van der Waals surface area contributed by atoms with E-state index in [1.165, 1.54) is 12.1 Å². The summed E-state index contributed by atoms with van der Waals surface area (Å²) in [7, 11) is -3.86. The van der Waals surface area contributed by atoms with Gasteiger partial charge >= 0.3 is 5.97 Å². The Kier molecular flexibility index (Phi) is 4.35. The molecule has 148 valence electrons. The first-order chi connectivity index (χ1) is 13.3. The molecule has 1 aliphatic heterocycles. The van der Waals surface area contributed by atoms with Crippen molar-refractivity contribution in [3.05, 3.63) is 53.6 Å². The van der Waals surface area contributed by atoms with Gasteiger partial charge in [0.15, 0.2) is 21.3 Å². The third kappa shape index (κ3) is 2.75. The van der Waals surface area contributed by atoms with E-state index in [9.17, 15) is 13.2 Å². The first kappa shape index (κ1) is 18.8. The molecule has 0 amide bonds. The molecule has 1 aliphatic carbocycles. The molecule has 4 rings (SSSR count). The maximum Gasteiger partial charge on any atom is 0.328 e. The van der Waals surface area contributed by atoms with Crippen molar-refractivity contribution in [2.24, 2.45) is 5.73 Å². The van der Waals surface area contributed by atoms with Crippen molar-refractivity contribution in [1.29, 1.82) is 0 Å². The highest BCUT2D eigenvalue weighted by Crippen LogP contribution is 2.57. The Hall–Kier alpha value is -2.58. The molecule has 2 N–H and O–H groups in total. The van der Waals surface area contributed by atoms with E-state index in [1.54, 1.807) is 37.3 Å². The summed E-state index contributed by atoms with van der Waals surface area (Å²) in [6, 6.07) is 11.6. The fourth-order valence-electron chi connectivity index (χ4n) is 3.74. The normalized spacial score (nSPS) is 25.4. The molecule has 7 nitrogen and oxygen atoms in total. The minimum Gasteiger partial charge on any atom is -0.465 e. The van der Waals surface area contributed by atoms with Crippen LogP contribution in [0, 0.1) is 6.92 Å².